The smallest absolute Gasteiger partial charge is 0.158 e. The Morgan fingerprint density at radius 3 is 2.80 bits per heavy atom. The molecule has 1 aromatic rings. The van der Waals surface area contributed by atoms with Crippen LogP contribution in [0.4, 0.5) is 0 Å². The number of fused-ring (bicyclic) bond motifs is 1. The van der Waals surface area contributed by atoms with Gasteiger partial charge in [0, 0.05) is 6.42 Å². The Balaban J connectivity index is 1.41. The van der Waals surface area contributed by atoms with E-state index in [-0.39, 0.29) is 18.8 Å². The molecule has 3 heteroatoms. The second-order valence-electron chi connectivity index (χ2n) is 7.90. The van der Waals surface area contributed by atoms with E-state index in [0.29, 0.717) is 17.9 Å². The summed E-state index contributed by atoms with van der Waals surface area (Å²) in [7, 11) is 0. The molecule has 0 radical (unpaired) electrons. The van der Waals surface area contributed by atoms with E-state index in [2.05, 4.69) is 19.9 Å². The minimum atomic E-state index is -0.759. The molecule has 0 aromatic heterocycles. The molecule has 134 valence electrons. The van der Waals surface area contributed by atoms with Gasteiger partial charge in [-0.2, -0.15) is 0 Å². The topological polar surface area (TPSA) is 46.5 Å². The molecule has 0 unspecified atom stereocenters. The number of aliphatic hydroxyl groups excluding tert-OH is 1. The normalized spacial score (nSPS) is 25.3. The number of carbonyl (C=O) groups is 1. The summed E-state index contributed by atoms with van der Waals surface area (Å²) in [6, 6.07) is 9.81. The molecule has 4 rings (SSSR count). The van der Waals surface area contributed by atoms with Crippen molar-refractivity contribution in [2.45, 2.75) is 45.8 Å². The van der Waals surface area contributed by atoms with Crippen molar-refractivity contribution in [3.8, 4) is 0 Å². The molecule has 3 atom stereocenters. The van der Waals surface area contributed by atoms with Crippen molar-refractivity contribution < 1.29 is 14.6 Å². The number of ether oxygens (including phenoxy) is 1. The molecule has 0 spiro atoms. The monoisotopic (exact) mass is 340 g/mol. The summed E-state index contributed by atoms with van der Waals surface area (Å²) < 4.78 is 5.49. The zero-order chi connectivity index (χ0) is 17.9. The standard InChI is InChI=1S/C22H28O3/c1-22(2)18-10-8-17(21(22)12-18)9-11-19(23)13-20(24)15-25-14-16-6-4-3-5-7-16/h3-9,11,18,20-21,24H,10,12-15H2,1-2H3/b11-9+/t18-,20+,21-/m0/s1. The lowest BCUT2D eigenvalue weighted by Crippen LogP contribution is -2.47. The van der Waals surface area contributed by atoms with Gasteiger partial charge in [0.15, 0.2) is 5.78 Å². The van der Waals surface area contributed by atoms with Gasteiger partial charge in [-0.3, -0.25) is 4.79 Å². The van der Waals surface area contributed by atoms with Crippen molar-refractivity contribution in [1.29, 1.82) is 0 Å². The van der Waals surface area contributed by atoms with Gasteiger partial charge in [0.2, 0.25) is 0 Å². The van der Waals surface area contributed by atoms with Crippen LogP contribution in [0.1, 0.15) is 38.7 Å². The van der Waals surface area contributed by atoms with E-state index in [1.165, 1.54) is 12.0 Å². The zero-order valence-corrected chi connectivity index (χ0v) is 15.2. The first-order valence-corrected chi connectivity index (χ1v) is 9.17. The highest BCUT2D eigenvalue weighted by molar-refractivity contribution is 5.90. The first-order chi connectivity index (χ1) is 12.0. The van der Waals surface area contributed by atoms with Gasteiger partial charge in [0.1, 0.15) is 0 Å². The Morgan fingerprint density at radius 1 is 1.36 bits per heavy atom. The van der Waals surface area contributed by atoms with Crippen LogP contribution in [0.3, 0.4) is 0 Å². The van der Waals surface area contributed by atoms with Crippen LogP contribution < -0.4 is 0 Å². The molecule has 0 amide bonds. The molecule has 0 heterocycles. The first-order valence-electron chi connectivity index (χ1n) is 9.17. The van der Waals surface area contributed by atoms with Crippen LogP contribution in [0.5, 0.6) is 0 Å². The van der Waals surface area contributed by atoms with Crippen molar-refractivity contribution in [3.63, 3.8) is 0 Å². The summed E-state index contributed by atoms with van der Waals surface area (Å²) in [6.45, 7) is 5.27. The summed E-state index contributed by atoms with van der Waals surface area (Å²) in [4.78, 5) is 12.1. The number of aliphatic hydroxyl groups is 1. The van der Waals surface area contributed by atoms with Crippen molar-refractivity contribution in [2.24, 2.45) is 17.3 Å². The van der Waals surface area contributed by atoms with Crippen LogP contribution in [0, 0.1) is 17.3 Å². The fourth-order valence-corrected chi connectivity index (χ4v) is 4.02. The average Bonchev–Trinajstić information content (AvgIpc) is 2.61. The number of carbonyl (C=O) groups excluding carboxylic acids is 1. The van der Waals surface area contributed by atoms with E-state index >= 15 is 0 Å². The summed E-state index contributed by atoms with van der Waals surface area (Å²) in [5.74, 6) is 1.33. The quantitative estimate of drug-likeness (QED) is 0.726. The predicted molar refractivity (Wildman–Crippen MR) is 98.9 cm³/mol. The second kappa shape index (κ2) is 7.67. The maximum absolute atomic E-state index is 12.1. The average molecular weight is 340 g/mol. The maximum Gasteiger partial charge on any atom is 0.158 e. The van der Waals surface area contributed by atoms with Crippen molar-refractivity contribution in [1.82, 2.24) is 0 Å². The number of hydrogen-bond acceptors (Lipinski definition) is 3. The number of benzene rings is 1. The Morgan fingerprint density at radius 2 is 2.12 bits per heavy atom. The summed E-state index contributed by atoms with van der Waals surface area (Å²) >= 11 is 0. The van der Waals surface area contributed by atoms with Gasteiger partial charge in [-0.25, -0.2) is 0 Å². The lowest BCUT2D eigenvalue weighted by Gasteiger charge is -2.56. The summed E-state index contributed by atoms with van der Waals surface area (Å²) in [6.07, 6.45) is 7.57. The van der Waals surface area contributed by atoms with Gasteiger partial charge in [0.05, 0.1) is 19.3 Å². The van der Waals surface area contributed by atoms with Gasteiger partial charge in [0.25, 0.3) is 0 Å². The van der Waals surface area contributed by atoms with E-state index < -0.39 is 6.10 Å². The van der Waals surface area contributed by atoms with Gasteiger partial charge in [-0.05, 0) is 47.3 Å². The first kappa shape index (κ1) is 18.1. The molecule has 2 bridgehead atoms. The Hall–Kier alpha value is -1.71. The molecule has 25 heavy (non-hydrogen) atoms. The van der Waals surface area contributed by atoms with Crippen LogP contribution >= 0.6 is 0 Å². The third kappa shape index (κ3) is 4.28. The number of ketones is 1. The molecule has 3 nitrogen and oxygen atoms in total. The molecule has 1 saturated carbocycles. The Labute approximate surface area is 150 Å². The second-order valence-corrected chi connectivity index (χ2v) is 7.90. The van der Waals surface area contributed by atoms with E-state index in [0.717, 1.165) is 17.9 Å². The lowest BCUT2D eigenvalue weighted by atomic mass is 9.49. The SMILES string of the molecule is CC1(C)[C@H]2CC=C(/C=C/C(=O)C[C@@H](O)COCc3ccccc3)[C@@H]1C2. The Kier molecular flexibility index (Phi) is 5.55. The fourth-order valence-electron chi connectivity index (χ4n) is 4.02. The van der Waals surface area contributed by atoms with Crippen molar-refractivity contribution in [2.75, 3.05) is 6.61 Å². The number of rotatable bonds is 8. The van der Waals surface area contributed by atoms with Crippen LogP contribution in [0.15, 0.2) is 54.1 Å². The summed E-state index contributed by atoms with van der Waals surface area (Å²) in [5.41, 5.74) is 2.71. The lowest BCUT2D eigenvalue weighted by molar-refractivity contribution is -0.117. The van der Waals surface area contributed by atoms with Crippen LogP contribution in [0.25, 0.3) is 0 Å². The minimum absolute atomic E-state index is 0.0454. The molecule has 1 N–H and O–H groups in total. The molecule has 0 aliphatic heterocycles. The van der Waals surface area contributed by atoms with Gasteiger partial charge in [-0.1, -0.05) is 56.3 Å². The van der Waals surface area contributed by atoms with Crippen LogP contribution in [-0.4, -0.2) is 23.6 Å². The maximum atomic E-state index is 12.1. The molecule has 3 aliphatic carbocycles. The summed E-state index contributed by atoms with van der Waals surface area (Å²) in [5, 5.41) is 9.98. The zero-order valence-electron chi connectivity index (χ0n) is 15.2. The molecule has 3 aliphatic rings. The van der Waals surface area contributed by atoms with Crippen molar-refractivity contribution in [3.05, 3.63) is 59.7 Å². The highest BCUT2D eigenvalue weighted by atomic mass is 16.5. The van der Waals surface area contributed by atoms with Crippen molar-refractivity contribution >= 4 is 5.78 Å². The minimum Gasteiger partial charge on any atom is -0.390 e. The van der Waals surface area contributed by atoms with E-state index in [1.54, 1.807) is 6.08 Å². The molecular formula is C22H28O3. The number of hydrogen-bond donors (Lipinski definition) is 1. The predicted octanol–water partition coefficient (Wildman–Crippen LogP) is 4.07. The molecule has 1 aromatic carbocycles. The largest absolute Gasteiger partial charge is 0.390 e. The third-order valence-corrected chi connectivity index (χ3v) is 5.83. The van der Waals surface area contributed by atoms with E-state index in [4.69, 9.17) is 4.74 Å². The Bertz CT molecular complexity index is 657. The third-order valence-electron chi connectivity index (χ3n) is 5.83. The number of allylic oxidation sites excluding steroid dienone is 4. The highest BCUT2D eigenvalue weighted by Crippen LogP contribution is 2.59. The van der Waals surface area contributed by atoms with Gasteiger partial charge >= 0.3 is 0 Å². The fraction of sp³-hybridized carbons (Fsp3) is 0.500. The van der Waals surface area contributed by atoms with Crippen LogP contribution in [-0.2, 0) is 16.1 Å². The molecular weight excluding hydrogens is 312 g/mol. The van der Waals surface area contributed by atoms with Gasteiger partial charge < -0.3 is 9.84 Å². The van der Waals surface area contributed by atoms with E-state index in [9.17, 15) is 9.90 Å². The molecule has 0 saturated heterocycles. The van der Waals surface area contributed by atoms with E-state index in [1.807, 2.05) is 36.4 Å². The van der Waals surface area contributed by atoms with Gasteiger partial charge in [-0.15, -0.1) is 0 Å². The highest BCUT2D eigenvalue weighted by Gasteiger charge is 2.50. The van der Waals surface area contributed by atoms with Crippen LogP contribution in [0.2, 0.25) is 0 Å². The molecule has 1 fully saturated rings.